The van der Waals surface area contributed by atoms with Crippen molar-refractivity contribution >= 4 is 29.6 Å². The van der Waals surface area contributed by atoms with Gasteiger partial charge in [-0.15, -0.1) is 0 Å². The van der Waals surface area contributed by atoms with Crippen molar-refractivity contribution in [3.63, 3.8) is 0 Å². The highest BCUT2D eigenvalue weighted by molar-refractivity contribution is 6.32. The molecule has 1 aromatic heterocycles. The second-order valence-electron chi connectivity index (χ2n) is 4.47. The quantitative estimate of drug-likeness (QED) is 0.707. The Morgan fingerprint density at radius 2 is 2.22 bits per heavy atom. The zero-order valence-corrected chi connectivity index (χ0v) is 13.2. The molecule has 0 saturated heterocycles. The van der Waals surface area contributed by atoms with E-state index in [4.69, 9.17) is 17.3 Å². The van der Waals surface area contributed by atoms with Crippen LogP contribution in [0, 0.1) is 5.82 Å². The standard InChI is InChI=1S/C15H16ClFN6/c1-19-8-11(6-18)22-15-21-9-12(16)14(23-15)20-7-10-4-2-3-5-13(10)17/h2-6,8-9H,7,18H2,1H3,(H2,20,21,22,23). The maximum Gasteiger partial charge on any atom is 0.229 e. The number of halogens is 2. The van der Waals surface area contributed by atoms with E-state index in [2.05, 4.69) is 25.6 Å². The molecule has 2 rings (SSSR count). The smallest absolute Gasteiger partial charge is 0.229 e. The fraction of sp³-hybridized carbons (Fsp3) is 0.133. The van der Waals surface area contributed by atoms with Gasteiger partial charge in [-0.1, -0.05) is 29.8 Å². The summed E-state index contributed by atoms with van der Waals surface area (Å²) >= 11 is 6.06. The summed E-state index contributed by atoms with van der Waals surface area (Å²) in [5.41, 5.74) is 6.52. The Bertz CT molecular complexity index is 732. The number of nitrogens with zero attached hydrogens (tertiary/aromatic N) is 3. The molecule has 0 atom stereocenters. The number of hydrogen-bond donors (Lipinski definition) is 3. The average Bonchev–Trinajstić information content (AvgIpc) is 2.56. The fourth-order valence-electron chi connectivity index (χ4n) is 1.76. The first-order valence-electron chi connectivity index (χ1n) is 6.75. The summed E-state index contributed by atoms with van der Waals surface area (Å²) in [6, 6.07) is 6.48. The number of hydrogen-bond acceptors (Lipinski definition) is 6. The Hall–Kier alpha value is -2.67. The van der Waals surface area contributed by atoms with Crippen molar-refractivity contribution in [1.29, 1.82) is 0 Å². The van der Waals surface area contributed by atoms with Gasteiger partial charge in [-0.3, -0.25) is 4.99 Å². The zero-order valence-electron chi connectivity index (χ0n) is 12.4. The first-order valence-corrected chi connectivity index (χ1v) is 7.12. The molecule has 23 heavy (non-hydrogen) atoms. The van der Waals surface area contributed by atoms with E-state index < -0.39 is 0 Å². The Labute approximate surface area is 138 Å². The zero-order chi connectivity index (χ0) is 16.7. The van der Waals surface area contributed by atoms with Crippen molar-refractivity contribution in [2.24, 2.45) is 10.7 Å². The largest absolute Gasteiger partial charge is 0.403 e. The summed E-state index contributed by atoms with van der Waals surface area (Å²) in [6.45, 7) is 0.249. The number of nitrogens with two attached hydrogens (primary N) is 1. The van der Waals surface area contributed by atoms with Crippen LogP contribution in [0.2, 0.25) is 5.02 Å². The fourth-order valence-corrected chi connectivity index (χ4v) is 1.92. The number of rotatable bonds is 6. The van der Waals surface area contributed by atoms with Crippen molar-refractivity contribution in [3.05, 3.63) is 58.8 Å². The van der Waals surface area contributed by atoms with E-state index in [9.17, 15) is 4.39 Å². The lowest BCUT2D eigenvalue weighted by Gasteiger charge is -2.10. The summed E-state index contributed by atoms with van der Waals surface area (Å²) in [7, 11) is 1.62. The van der Waals surface area contributed by atoms with Crippen LogP contribution in [0.25, 0.3) is 0 Å². The van der Waals surface area contributed by atoms with Crippen LogP contribution in [0.1, 0.15) is 5.56 Å². The molecule has 0 fully saturated rings. The molecule has 0 saturated carbocycles. The predicted molar refractivity (Wildman–Crippen MR) is 91.1 cm³/mol. The van der Waals surface area contributed by atoms with E-state index in [1.54, 1.807) is 25.2 Å². The monoisotopic (exact) mass is 334 g/mol. The summed E-state index contributed by atoms with van der Waals surface area (Å²) in [5.74, 6) is 0.385. The van der Waals surface area contributed by atoms with Crippen LogP contribution in [0.4, 0.5) is 16.2 Å². The molecular weight excluding hydrogens is 319 g/mol. The van der Waals surface area contributed by atoms with Gasteiger partial charge in [-0.25, -0.2) is 9.37 Å². The maximum atomic E-state index is 13.6. The van der Waals surface area contributed by atoms with E-state index in [-0.39, 0.29) is 12.4 Å². The predicted octanol–water partition coefficient (Wildman–Crippen LogP) is 2.79. The van der Waals surface area contributed by atoms with Gasteiger partial charge < -0.3 is 16.4 Å². The summed E-state index contributed by atoms with van der Waals surface area (Å²) in [6.07, 6.45) is 4.32. The van der Waals surface area contributed by atoms with Gasteiger partial charge in [0, 0.05) is 31.6 Å². The lowest BCUT2D eigenvalue weighted by Crippen LogP contribution is -2.09. The summed E-state index contributed by atoms with van der Waals surface area (Å²) < 4.78 is 13.6. The number of anilines is 2. The van der Waals surface area contributed by atoms with Crippen molar-refractivity contribution in [2.45, 2.75) is 6.54 Å². The molecule has 0 unspecified atom stereocenters. The van der Waals surface area contributed by atoms with Crippen molar-refractivity contribution in [3.8, 4) is 0 Å². The van der Waals surface area contributed by atoms with Crippen LogP contribution < -0.4 is 16.4 Å². The second kappa shape index (κ2) is 8.09. The molecule has 0 aliphatic heterocycles. The molecule has 0 radical (unpaired) electrons. The molecule has 120 valence electrons. The van der Waals surface area contributed by atoms with E-state index in [0.717, 1.165) is 0 Å². The van der Waals surface area contributed by atoms with Gasteiger partial charge in [-0.05, 0) is 6.07 Å². The highest BCUT2D eigenvalue weighted by Gasteiger charge is 2.07. The topological polar surface area (TPSA) is 88.2 Å². The first kappa shape index (κ1) is 16.7. The van der Waals surface area contributed by atoms with Crippen molar-refractivity contribution < 1.29 is 4.39 Å². The highest BCUT2D eigenvalue weighted by atomic mass is 35.5. The van der Waals surface area contributed by atoms with E-state index in [1.165, 1.54) is 24.7 Å². The van der Waals surface area contributed by atoms with Crippen LogP contribution >= 0.6 is 11.6 Å². The van der Waals surface area contributed by atoms with Crippen LogP contribution in [0.3, 0.4) is 0 Å². The lowest BCUT2D eigenvalue weighted by atomic mass is 10.2. The number of nitrogens with one attached hydrogen (secondary N) is 2. The molecule has 4 N–H and O–H groups in total. The molecule has 0 aliphatic carbocycles. The number of aromatic nitrogens is 2. The van der Waals surface area contributed by atoms with Crippen LogP contribution in [0.5, 0.6) is 0 Å². The van der Waals surface area contributed by atoms with Crippen LogP contribution in [0.15, 0.2) is 47.4 Å². The Morgan fingerprint density at radius 1 is 1.43 bits per heavy atom. The minimum atomic E-state index is -0.295. The van der Waals surface area contributed by atoms with Gasteiger partial charge in [0.05, 0.1) is 11.9 Å². The molecular formula is C15H16ClFN6. The Kier molecular flexibility index (Phi) is 5.87. The van der Waals surface area contributed by atoms with Gasteiger partial charge in [0.1, 0.15) is 10.8 Å². The molecule has 8 heteroatoms. The first-order chi connectivity index (χ1) is 11.1. The Morgan fingerprint density at radius 3 is 2.91 bits per heavy atom. The van der Waals surface area contributed by atoms with Gasteiger partial charge in [-0.2, -0.15) is 4.98 Å². The van der Waals surface area contributed by atoms with Gasteiger partial charge >= 0.3 is 0 Å². The molecule has 0 aliphatic rings. The molecule has 1 heterocycles. The van der Waals surface area contributed by atoms with Crippen LogP contribution in [-0.2, 0) is 6.54 Å². The van der Waals surface area contributed by atoms with E-state index >= 15 is 0 Å². The Balaban J connectivity index is 2.13. The number of benzene rings is 1. The van der Waals surface area contributed by atoms with Crippen molar-refractivity contribution in [2.75, 3.05) is 17.7 Å². The van der Waals surface area contributed by atoms with Gasteiger partial charge in [0.15, 0.2) is 5.82 Å². The normalized spacial score (nSPS) is 11.7. The van der Waals surface area contributed by atoms with Crippen molar-refractivity contribution in [1.82, 2.24) is 9.97 Å². The van der Waals surface area contributed by atoms with Crippen LogP contribution in [-0.4, -0.2) is 23.2 Å². The molecule has 6 nitrogen and oxygen atoms in total. The average molecular weight is 335 g/mol. The highest BCUT2D eigenvalue weighted by Crippen LogP contribution is 2.21. The molecule has 2 aromatic rings. The summed E-state index contributed by atoms with van der Waals surface area (Å²) in [4.78, 5) is 12.2. The van der Waals surface area contributed by atoms with E-state index in [0.29, 0.717) is 28.0 Å². The number of aliphatic imine (C=N–C) groups is 1. The third kappa shape index (κ3) is 4.65. The molecule has 0 amide bonds. The SMILES string of the molecule is CN=CC(=CN)Nc1ncc(Cl)c(NCc2ccccc2F)n1. The number of allylic oxidation sites excluding steroid dienone is 1. The van der Waals surface area contributed by atoms with Gasteiger partial charge in [0.25, 0.3) is 0 Å². The van der Waals surface area contributed by atoms with Gasteiger partial charge in [0.2, 0.25) is 5.95 Å². The molecule has 0 bridgehead atoms. The third-order valence-corrected chi connectivity index (χ3v) is 3.13. The molecule has 0 spiro atoms. The maximum absolute atomic E-state index is 13.6. The van der Waals surface area contributed by atoms with E-state index in [1.807, 2.05) is 0 Å². The second-order valence-corrected chi connectivity index (χ2v) is 4.88. The molecule has 1 aromatic carbocycles. The minimum Gasteiger partial charge on any atom is -0.403 e. The summed E-state index contributed by atoms with van der Waals surface area (Å²) in [5, 5.41) is 6.21. The minimum absolute atomic E-state index is 0.249. The third-order valence-electron chi connectivity index (χ3n) is 2.85. The lowest BCUT2D eigenvalue weighted by molar-refractivity contribution is 0.613.